The fourth-order valence-corrected chi connectivity index (χ4v) is 4.69. The minimum Gasteiger partial charge on any atom is -0.481 e. The maximum absolute atomic E-state index is 12.7. The van der Waals surface area contributed by atoms with Gasteiger partial charge in [0.2, 0.25) is 11.8 Å². The molecule has 0 radical (unpaired) electrons. The highest BCUT2D eigenvalue weighted by Crippen LogP contribution is 2.44. The summed E-state index contributed by atoms with van der Waals surface area (Å²) in [5.41, 5.74) is 4.46. The highest BCUT2D eigenvalue weighted by atomic mass is 16.5. The fraction of sp³-hybridized carbons (Fsp3) is 0.385. The Labute approximate surface area is 203 Å². The maximum atomic E-state index is 12.7. The molecule has 2 aromatic carbocycles. The van der Waals surface area contributed by atoms with E-state index in [1.54, 1.807) is 0 Å². The van der Waals surface area contributed by atoms with Crippen molar-refractivity contribution in [3.05, 3.63) is 59.7 Å². The van der Waals surface area contributed by atoms with Crippen LogP contribution in [0.5, 0.6) is 0 Å². The first-order valence-electron chi connectivity index (χ1n) is 11.7. The maximum Gasteiger partial charge on any atom is 0.407 e. The van der Waals surface area contributed by atoms with E-state index in [0.717, 1.165) is 22.3 Å². The van der Waals surface area contributed by atoms with Gasteiger partial charge in [-0.3, -0.25) is 14.4 Å². The first-order chi connectivity index (χ1) is 16.8. The molecule has 3 amide bonds. The van der Waals surface area contributed by atoms with Gasteiger partial charge in [0.15, 0.2) is 0 Å². The van der Waals surface area contributed by atoms with Crippen LogP contribution in [0.3, 0.4) is 0 Å². The van der Waals surface area contributed by atoms with Crippen molar-refractivity contribution in [1.29, 1.82) is 0 Å². The van der Waals surface area contributed by atoms with Crippen molar-refractivity contribution in [3.63, 3.8) is 0 Å². The Morgan fingerprint density at radius 1 is 1.06 bits per heavy atom. The molecule has 1 aliphatic carbocycles. The van der Waals surface area contributed by atoms with Crippen LogP contribution in [-0.4, -0.2) is 54.2 Å². The number of hydrogen-bond donors (Lipinski definition) is 4. The molecular weight excluding hydrogens is 450 g/mol. The third-order valence-electron chi connectivity index (χ3n) is 6.67. The number of hydrogen-bond acceptors (Lipinski definition) is 5. The van der Waals surface area contributed by atoms with Gasteiger partial charge in [0.1, 0.15) is 18.6 Å². The minimum atomic E-state index is -1.16. The fourth-order valence-electron chi connectivity index (χ4n) is 4.69. The number of rotatable bonds is 8. The zero-order valence-corrected chi connectivity index (χ0v) is 19.6. The monoisotopic (exact) mass is 479 g/mol. The van der Waals surface area contributed by atoms with Crippen molar-refractivity contribution >= 4 is 23.9 Å². The van der Waals surface area contributed by atoms with Gasteiger partial charge in [0.25, 0.3) is 0 Å². The van der Waals surface area contributed by atoms with E-state index in [0.29, 0.717) is 0 Å². The van der Waals surface area contributed by atoms with Crippen LogP contribution >= 0.6 is 0 Å². The molecule has 184 valence electrons. The normalized spacial score (nSPS) is 19.5. The summed E-state index contributed by atoms with van der Waals surface area (Å²) in [6.07, 6.45) is -0.752. The average Bonchev–Trinajstić information content (AvgIpc) is 3.35. The summed E-state index contributed by atoms with van der Waals surface area (Å²) in [6, 6.07) is 14.4. The molecule has 0 bridgehead atoms. The van der Waals surface area contributed by atoms with Gasteiger partial charge in [-0.1, -0.05) is 62.4 Å². The van der Waals surface area contributed by atoms with Crippen molar-refractivity contribution in [2.45, 2.75) is 38.3 Å². The zero-order valence-electron chi connectivity index (χ0n) is 19.6. The molecule has 9 nitrogen and oxygen atoms in total. The standard InChI is InChI=1S/C26H29N3O6/c1-14(2)21(11-22(30)29-23-19(25(32)33)12-27-24(23)31)28-26(34)35-13-20-17-9-5-3-7-15(17)16-8-4-6-10-18(16)20/h3-10,14,19-21,23H,11-13H2,1-2H3,(H,27,31)(H,28,34)(H,29,30)(H,32,33)/t19?,21-,23?/m0/s1. The number of amides is 3. The molecule has 4 N–H and O–H groups in total. The minimum absolute atomic E-state index is 0.0370. The highest BCUT2D eigenvalue weighted by Gasteiger charge is 2.40. The van der Waals surface area contributed by atoms with E-state index in [1.165, 1.54) is 0 Å². The van der Waals surface area contributed by atoms with Crippen LogP contribution in [0.25, 0.3) is 11.1 Å². The van der Waals surface area contributed by atoms with Crippen LogP contribution in [0.4, 0.5) is 4.79 Å². The van der Waals surface area contributed by atoms with Gasteiger partial charge in [-0.05, 0) is 28.2 Å². The van der Waals surface area contributed by atoms with E-state index in [2.05, 4.69) is 28.1 Å². The van der Waals surface area contributed by atoms with Gasteiger partial charge in [-0.25, -0.2) is 4.79 Å². The lowest BCUT2D eigenvalue weighted by Gasteiger charge is -2.23. The van der Waals surface area contributed by atoms with Crippen LogP contribution in [0.2, 0.25) is 0 Å². The van der Waals surface area contributed by atoms with Crippen molar-refractivity contribution in [2.75, 3.05) is 13.2 Å². The van der Waals surface area contributed by atoms with Crippen LogP contribution in [-0.2, 0) is 19.1 Å². The van der Waals surface area contributed by atoms with Gasteiger partial charge >= 0.3 is 12.1 Å². The highest BCUT2D eigenvalue weighted by molar-refractivity contribution is 5.94. The van der Waals surface area contributed by atoms with Gasteiger partial charge in [0, 0.05) is 24.9 Å². The SMILES string of the molecule is CC(C)[C@H](CC(=O)NC1C(=O)NCC1C(=O)O)NC(=O)OCC1c2ccccc2-c2ccccc21. The third kappa shape index (κ3) is 5.13. The summed E-state index contributed by atoms with van der Waals surface area (Å²) in [6.45, 7) is 3.82. The molecule has 1 aliphatic heterocycles. The van der Waals surface area contributed by atoms with Gasteiger partial charge in [-0.15, -0.1) is 0 Å². The second-order valence-corrected chi connectivity index (χ2v) is 9.26. The summed E-state index contributed by atoms with van der Waals surface area (Å²) >= 11 is 0. The van der Waals surface area contributed by atoms with E-state index < -0.39 is 41.9 Å². The Kier molecular flexibility index (Phi) is 7.04. The molecule has 4 rings (SSSR count). The topological polar surface area (TPSA) is 134 Å². The molecule has 3 atom stereocenters. The number of aliphatic carboxylic acids is 1. The Bertz CT molecular complexity index is 1100. The number of nitrogens with one attached hydrogen (secondary N) is 3. The molecule has 35 heavy (non-hydrogen) atoms. The summed E-state index contributed by atoms with van der Waals surface area (Å²) in [7, 11) is 0. The molecule has 2 aliphatic rings. The predicted octanol–water partition coefficient (Wildman–Crippen LogP) is 2.26. The molecule has 2 unspecified atom stereocenters. The average molecular weight is 480 g/mol. The second-order valence-electron chi connectivity index (χ2n) is 9.26. The number of carboxylic acids is 1. The lowest BCUT2D eigenvalue weighted by atomic mass is 9.98. The quantitative estimate of drug-likeness (QED) is 0.459. The number of ether oxygens (including phenoxy) is 1. The predicted molar refractivity (Wildman–Crippen MR) is 128 cm³/mol. The Balaban J connectivity index is 1.35. The Morgan fingerprint density at radius 2 is 1.66 bits per heavy atom. The largest absolute Gasteiger partial charge is 0.481 e. The summed E-state index contributed by atoms with van der Waals surface area (Å²) in [5.74, 6) is -3.42. The van der Waals surface area contributed by atoms with E-state index >= 15 is 0 Å². The first kappa shape index (κ1) is 24.3. The van der Waals surface area contributed by atoms with Crippen LogP contribution in [0, 0.1) is 11.8 Å². The lowest BCUT2D eigenvalue weighted by Crippen LogP contribution is -2.48. The third-order valence-corrected chi connectivity index (χ3v) is 6.67. The molecular formula is C26H29N3O6. The van der Waals surface area contributed by atoms with Gasteiger partial charge in [-0.2, -0.15) is 0 Å². The smallest absolute Gasteiger partial charge is 0.407 e. The van der Waals surface area contributed by atoms with Crippen molar-refractivity contribution in [1.82, 2.24) is 16.0 Å². The number of carboxylic acid groups (broad SMARTS) is 1. The summed E-state index contributed by atoms with van der Waals surface area (Å²) in [4.78, 5) is 48.5. The first-order valence-corrected chi connectivity index (χ1v) is 11.7. The van der Waals surface area contributed by atoms with Crippen LogP contribution in [0.15, 0.2) is 48.5 Å². The molecule has 0 spiro atoms. The number of carbonyl (C=O) groups is 4. The molecule has 0 saturated carbocycles. The van der Waals surface area contributed by atoms with E-state index in [-0.39, 0.29) is 31.4 Å². The second kappa shape index (κ2) is 10.2. The number of alkyl carbamates (subject to hydrolysis) is 1. The Hall–Kier alpha value is -3.88. The Morgan fingerprint density at radius 3 is 2.23 bits per heavy atom. The van der Waals surface area contributed by atoms with E-state index in [9.17, 15) is 24.3 Å². The molecule has 1 fully saturated rings. The van der Waals surface area contributed by atoms with Gasteiger partial charge in [0.05, 0.1) is 0 Å². The molecule has 2 aromatic rings. The molecule has 9 heteroatoms. The molecule has 0 aromatic heterocycles. The van der Waals surface area contributed by atoms with Crippen LogP contribution < -0.4 is 16.0 Å². The molecule has 1 heterocycles. The summed E-state index contributed by atoms with van der Waals surface area (Å²) < 4.78 is 5.58. The number of benzene rings is 2. The van der Waals surface area contributed by atoms with Crippen molar-refractivity contribution in [2.24, 2.45) is 11.8 Å². The van der Waals surface area contributed by atoms with E-state index in [4.69, 9.17) is 4.74 Å². The van der Waals surface area contributed by atoms with E-state index in [1.807, 2.05) is 50.2 Å². The number of fused-ring (bicyclic) bond motifs is 3. The summed E-state index contributed by atoms with van der Waals surface area (Å²) in [5, 5.41) is 16.9. The van der Waals surface area contributed by atoms with Crippen molar-refractivity contribution < 1.29 is 29.0 Å². The zero-order chi connectivity index (χ0) is 25.1. The molecule has 1 saturated heterocycles. The lowest BCUT2D eigenvalue weighted by molar-refractivity contribution is -0.143. The van der Waals surface area contributed by atoms with Crippen molar-refractivity contribution in [3.8, 4) is 11.1 Å². The van der Waals surface area contributed by atoms with Crippen LogP contribution in [0.1, 0.15) is 37.3 Å². The number of carbonyl (C=O) groups excluding carboxylic acids is 3. The van der Waals surface area contributed by atoms with Gasteiger partial charge < -0.3 is 25.8 Å².